The molecule has 0 aliphatic rings. The molecule has 0 spiro atoms. The van der Waals surface area contributed by atoms with Crippen LogP contribution in [0.15, 0.2) is 18.3 Å². The standard InChI is InChI=1S/C8H8ClNO3/c1-5(11)8(12)13-6-3-2-4-10-7(6)9/h2-5,11H,1H3. The van der Waals surface area contributed by atoms with Gasteiger partial charge in [0.25, 0.3) is 0 Å². The molecule has 1 atom stereocenters. The zero-order chi connectivity index (χ0) is 9.84. The number of nitrogens with zero attached hydrogens (tertiary/aromatic N) is 1. The summed E-state index contributed by atoms with van der Waals surface area (Å²) in [5.74, 6) is -0.607. The van der Waals surface area contributed by atoms with Gasteiger partial charge in [-0.05, 0) is 19.1 Å². The molecule has 13 heavy (non-hydrogen) atoms. The van der Waals surface area contributed by atoms with E-state index in [2.05, 4.69) is 4.98 Å². The minimum Gasteiger partial charge on any atom is -0.421 e. The molecule has 0 saturated heterocycles. The first-order valence-electron chi connectivity index (χ1n) is 3.61. The van der Waals surface area contributed by atoms with Crippen molar-refractivity contribution in [1.29, 1.82) is 0 Å². The van der Waals surface area contributed by atoms with E-state index in [1.54, 1.807) is 6.07 Å². The van der Waals surface area contributed by atoms with Crippen LogP contribution in [-0.2, 0) is 4.79 Å². The molecule has 0 amide bonds. The normalized spacial score (nSPS) is 12.2. The Kier molecular flexibility index (Phi) is 3.22. The van der Waals surface area contributed by atoms with Gasteiger partial charge in [-0.2, -0.15) is 0 Å². The van der Waals surface area contributed by atoms with Crippen LogP contribution < -0.4 is 4.74 Å². The molecule has 4 nitrogen and oxygen atoms in total. The van der Waals surface area contributed by atoms with E-state index in [9.17, 15) is 4.79 Å². The number of ether oxygens (including phenoxy) is 1. The summed E-state index contributed by atoms with van der Waals surface area (Å²) in [6, 6.07) is 3.08. The molecule has 1 aromatic heterocycles. The second-order valence-electron chi connectivity index (χ2n) is 2.39. The van der Waals surface area contributed by atoms with Crippen molar-refractivity contribution in [3.8, 4) is 5.75 Å². The van der Waals surface area contributed by atoms with Gasteiger partial charge >= 0.3 is 5.97 Å². The Morgan fingerprint density at radius 1 is 1.77 bits per heavy atom. The predicted molar refractivity (Wildman–Crippen MR) is 46.6 cm³/mol. The number of rotatable bonds is 2. The molecule has 0 aromatic carbocycles. The zero-order valence-electron chi connectivity index (χ0n) is 6.90. The maximum absolute atomic E-state index is 10.9. The molecule has 0 fully saturated rings. The van der Waals surface area contributed by atoms with E-state index < -0.39 is 12.1 Å². The lowest BCUT2D eigenvalue weighted by Gasteiger charge is -2.05. The summed E-state index contributed by atoms with van der Waals surface area (Å²) in [6.45, 7) is 1.31. The SMILES string of the molecule is CC(O)C(=O)Oc1cccnc1Cl. The van der Waals surface area contributed by atoms with Crippen molar-refractivity contribution < 1.29 is 14.6 Å². The average Bonchev–Trinajstić information content (AvgIpc) is 2.08. The summed E-state index contributed by atoms with van der Waals surface area (Å²) in [5, 5.41) is 8.93. The molecule has 0 aliphatic heterocycles. The summed E-state index contributed by atoms with van der Waals surface area (Å²) in [7, 11) is 0. The Hall–Kier alpha value is -1.13. The quantitative estimate of drug-likeness (QED) is 0.573. The summed E-state index contributed by atoms with van der Waals surface area (Å²) < 4.78 is 4.72. The third kappa shape index (κ3) is 2.68. The van der Waals surface area contributed by atoms with Gasteiger partial charge in [-0.25, -0.2) is 9.78 Å². The van der Waals surface area contributed by atoms with Crippen LogP contribution in [-0.4, -0.2) is 22.2 Å². The molecule has 0 saturated carbocycles. The van der Waals surface area contributed by atoms with Crippen molar-refractivity contribution in [2.24, 2.45) is 0 Å². The van der Waals surface area contributed by atoms with Gasteiger partial charge in [0, 0.05) is 6.20 Å². The number of halogens is 1. The fourth-order valence-corrected chi connectivity index (χ4v) is 0.799. The van der Waals surface area contributed by atoms with Crippen LogP contribution in [0.5, 0.6) is 5.75 Å². The molecule has 0 radical (unpaired) electrons. The fraction of sp³-hybridized carbons (Fsp3) is 0.250. The monoisotopic (exact) mass is 201 g/mol. The predicted octanol–water partition coefficient (Wildman–Crippen LogP) is 1.02. The van der Waals surface area contributed by atoms with Crippen molar-refractivity contribution in [3.05, 3.63) is 23.5 Å². The van der Waals surface area contributed by atoms with Gasteiger partial charge in [0.2, 0.25) is 0 Å². The minimum atomic E-state index is -1.17. The van der Waals surface area contributed by atoms with Gasteiger partial charge in [-0.15, -0.1) is 0 Å². The summed E-state index contributed by atoms with van der Waals surface area (Å²) in [6.07, 6.45) is 0.304. The van der Waals surface area contributed by atoms with Gasteiger partial charge in [-0.3, -0.25) is 0 Å². The van der Waals surface area contributed by atoms with Crippen molar-refractivity contribution in [3.63, 3.8) is 0 Å². The highest BCUT2D eigenvalue weighted by Gasteiger charge is 2.13. The number of pyridine rings is 1. The summed E-state index contributed by atoms with van der Waals surface area (Å²) in [4.78, 5) is 14.6. The molecule has 1 aromatic rings. The summed E-state index contributed by atoms with van der Waals surface area (Å²) >= 11 is 5.60. The van der Waals surface area contributed by atoms with Crippen molar-refractivity contribution >= 4 is 17.6 Å². The molecule has 1 heterocycles. The molecule has 0 bridgehead atoms. The molecule has 1 rings (SSSR count). The maximum atomic E-state index is 10.9. The number of aliphatic hydroxyl groups is 1. The van der Waals surface area contributed by atoms with Crippen LogP contribution in [0.2, 0.25) is 5.15 Å². The first-order valence-corrected chi connectivity index (χ1v) is 3.99. The third-order valence-electron chi connectivity index (χ3n) is 1.28. The van der Waals surface area contributed by atoms with Gasteiger partial charge < -0.3 is 9.84 Å². The summed E-state index contributed by atoms with van der Waals surface area (Å²) in [5.41, 5.74) is 0. The Morgan fingerprint density at radius 3 is 3.00 bits per heavy atom. The zero-order valence-corrected chi connectivity index (χ0v) is 7.65. The van der Waals surface area contributed by atoms with E-state index in [0.29, 0.717) is 0 Å². The Morgan fingerprint density at radius 2 is 2.46 bits per heavy atom. The van der Waals surface area contributed by atoms with Crippen LogP contribution in [0.3, 0.4) is 0 Å². The molecule has 1 unspecified atom stereocenters. The topological polar surface area (TPSA) is 59.4 Å². The van der Waals surface area contributed by atoms with E-state index >= 15 is 0 Å². The van der Waals surface area contributed by atoms with Crippen LogP contribution in [0, 0.1) is 0 Å². The number of hydrogen-bond acceptors (Lipinski definition) is 4. The van der Waals surface area contributed by atoms with Crippen molar-refractivity contribution in [2.75, 3.05) is 0 Å². The number of esters is 1. The van der Waals surface area contributed by atoms with E-state index in [-0.39, 0.29) is 10.9 Å². The molecule has 0 aliphatic carbocycles. The second-order valence-corrected chi connectivity index (χ2v) is 2.75. The maximum Gasteiger partial charge on any atom is 0.340 e. The first kappa shape index (κ1) is 9.95. The van der Waals surface area contributed by atoms with E-state index in [1.807, 2.05) is 0 Å². The number of hydrogen-bond donors (Lipinski definition) is 1. The third-order valence-corrected chi connectivity index (χ3v) is 1.56. The molecule has 70 valence electrons. The van der Waals surface area contributed by atoms with Crippen LogP contribution >= 0.6 is 11.6 Å². The molecular weight excluding hydrogens is 194 g/mol. The van der Waals surface area contributed by atoms with E-state index in [1.165, 1.54) is 19.2 Å². The Balaban J connectivity index is 2.75. The van der Waals surface area contributed by atoms with Crippen molar-refractivity contribution in [1.82, 2.24) is 4.98 Å². The first-order chi connectivity index (χ1) is 6.11. The van der Waals surface area contributed by atoms with E-state index in [0.717, 1.165) is 0 Å². The number of carbonyl (C=O) groups is 1. The number of aromatic nitrogens is 1. The van der Waals surface area contributed by atoms with Gasteiger partial charge in [0.1, 0.15) is 6.10 Å². The largest absolute Gasteiger partial charge is 0.421 e. The fourth-order valence-electron chi connectivity index (χ4n) is 0.641. The lowest BCUT2D eigenvalue weighted by Crippen LogP contribution is -2.22. The smallest absolute Gasteiger partial charge is 0.340 e. The molecule has 5 heteroatoms. The van der Waals surface area contributed by atoms with Crippen LogP contribution in [0.1, 0.15) is 6.92 Å². The second kappa shape index (κ2) is 4.20. The van der Waals surface area contributed by atoms with Gasteiger partial charge in [-0.1, -0.05) is 11.6 Å². The van der Waals surface area contributed by atoms with Gasteiger partial charge in [0.15, 0.2) is 10.9 Å². The highest BCUT2D eigenvalue weighted by atomic mass is 35.5. The number of aliphatic hydroxyl groups excluding tert-OH is 1. The lowest BCUT2D eigenvalue weighted by atomic mass is 10.4. The molecule has 1 N–H and O–H groups in total. The highest BCUT2D eigenvalue weighted by molar-refractivity contribution is 6.30. The van der Waals surface area contributed by atoms with Crippen molar-refractivity contribution in [2.45, 2.75) is 13.0 Å². The average molecular weight is 202 g/mol. The lowest BCUT2D eigenvalue weighted by molar-refractivity contribution is -0.142. The highest BCUT2D eigenvalue weighted by Crippen LogP contribution is 2.20. The molecular formula is C8H8ClNO3. The minimum absolute atomic E-state index is 0.0940. The Bertz CT molecular complexity index is 314. The van der Waals surface area contributed by atoms with Crippen LogP contribution in [0.4, 0.5) is 0 Å². The van der Waals surface area contributed by atoms with Gasteiger partial charge in [0.05, 0.1) is 0 Å². The van der Waals surface area contributed by atoms with E-state index in [4.69, 9.17) is 21.4 Å². The van der Waals surface area contributed by atoms with Crippen LogP contribution in [0.25, 0.3) is 0 Å². The Labute approximate surface area is 80.1 Å². The number of carbonyl (C=O) groups excluding carboxylic acids is 1.